The zero-order chi connectivity index (χ0) is 34.0. The molecule has 1 heterocycles. The van der Waals surface area contributed by atoms with E-state index in [4.69, 9.17) is 19.9 Å². The Hall–Kier alpha value is -4.57. The quantitative estimate of drug-likeness (QED) is 0.0811. The van der Waals surface area contributed by atoms with Crippen LogP contribution in [0.3, 0.4) is 0 Å². The van der Waals surface area contributed by atoms with Gasteiger partial charge in [0.05, 0.1) is 31.5 Å². The van der Waals surface area contributed by atoms with Gasteiger partial charge in [-0.25, -0.2) is 0 Å². The second kappa shape index (κ2) is 14.0. The molecule has 0 unspecified atom stereocenters. The fourth-order valence-corrected chi connectivity index (χ4v) is 5.91. The predicted octanol–water partition coefficient (Wildman–Crippen LogP) is -0.333. The number of nitrogens with zero attached hydrogens (tertiary/aromatic N) is 1. The van der Waals surface area contributed by atoms with Crippen LogP contribution in [0.25, 0.3) is 0 Å². The third-order valence-corrected chi connectivity index (χ3v) is 8.46. The number of aromatic hydroxyl groups is 1. The zero-order valence-electron chi connectivity index (χ0n) is 25.7. The van der Waals surface area contributed by atoms with Gasteiger partial charge in [0.2, 0.25) is 12.1 Å². The first-order valence-electron chi connectivity index (χ1n) is 14.8. The first kappa shape index (κ1) is 33.8. The van der Waals surface area contributed by atoms with Gasteiger partial charge in [-0.2, -0.15) is 0 Å². The standard InChI is InChI=1S/C33H37N3O11/c1-35-33(34)36-12-18-16(9-8-15-6-4-3-5-7-15)10-17-24(27(18)40)29(42)25-21(11-20(45-2)19(13-37)23(25)26(17)39)46-32-31(44)30(43)28(41)22(14-38)47-32/h3-7,10-11,22,28,30-32,37-38,40-41,43-44H,8-9,12-14H2,1-2H3,(H3,34,35,36)/t22-,28-,30+,31-,32-/m1/s1. The molecule has 3 aromatic rings. The number of ketones is 2. The maximum absolute atomic E-state index is 14.3. The van der Waals surface area contributed by atoms with Gasteiger partial charge < -0.3 is 55.9 Å². The van der Waals surface area contributed by atoms with Crippen LogP contribution in [0, 0.1) is 0 Å². The summed E-state index contributed by atoms with van der Waals surface area (Å²) in [5, 5.41) is 65.6. The van der Waals surface area contributed by atoms with Crippen LogP contribution in [-0.2, 0) is 30.7 Å². The summed E-state index contributed by atoms with van der Waals surface area (Å²) in [5.74, 6) is -2.29. The lowest BCUT2D eigenvalue weighted by Gasteiger charge is -2.40. The lowest BCUT2D eigenvalue weighted by Crippen LogP contribution is -2.60. The average molecular weight is 652 g/mol. The average Bonchev–Trinajstić information content (AvgIpc) is 3.08. The largest absolute Gasteiger partial charge is 0.507 e. The Kier molecular flexibility index (Phi) is 10.1. The number of ether oxygens (including phenoxy) is 3. The van der Waals surface area contributed by atoms with Crippen molar-refractivity contribution < 1.29 is 54.4 Å². The van der Waals surface area contributed by atoms with Gasteiger partial charge >= 0.3 is 0 Å². The first-order valence-corrected chi connectivity index (χ1v) is 14.8. The number of nitrogens with two attached hydrogens (primary N) is 1. The number of phenolic OH excluding ortho intramolecular Hbond substituents is 1. The summed E-state index contributed by atoms with van der Waals surface area (Å²) in [6.45, 7) is -1.46. The minimum atomic E-state index is -1.84. The summed E-state index contributed by atoms with van der Waals surface area (Å²) < 4.78 is 16.7. The van der Waals surface area contributed by atoms with Crippen LogP contribution in [-0.4, -0.2) is 99.6 Å². The molecule has 0 bridgehead atoms. The van der Waals surface area contributed by atoms with Crippen LogP contribution < -0.4 is 20.5 Å². The Morgan fingerprint density at radius 1 is 0.936 bits per heavy atom. The smallest absolute Gasteiger partial charge is 0.229 e. The molecule has 1 aliphatic heterocycles. The van der Waals surface area contributed by atoms with Crippen molar-refractivity contribution in [1.29, 1.82) is 0 Å². The molecule has 250 valence electrons. The fourth-order valence-electron chi connectivity index (χ4n) is 5.91. The minimum Gasteiger partial charge on any atom is -0.507 e. The summed E-state index contributed by atoms with van der Waals surface area (Å²) in [5.41, 5.74) is 6.70. The summed E-state index contributed by atoms with van der Waals surface area (Å²) in [6.07, 6.45) is -7.39. The maximum Gasteiger partial charge on any atom is 0.229 e. The number of rotatable bonds is 10. The molecular formula is C33H37N3O11. The molecule has 1 fully saturated rings. The van der Waals surface area contributed by atoms with E-state index in [2.05, 4.69) is 10.3 Å². The molecule has 0 radical (unpaired) electrons. The second-order valence-corrected chi connectivity index (χ2v) is 11.2. The van der Waals surface area contributed by atoms with Crippen LogP contribution in [0.2, 0.25) is 0 Å². The van der Waals surface area contributed by atoms with Gasteiger partial charge in [0.25, 0.3) is 0 Å². The number of carbonyl (C=O) groups excluding carboxylic acids is 2. The predicted molar refractivity (Wildman–Crippen MR) is 167 cm³/mol. The lowest BCUT2D eigenvalue weighted by molar-refractivity contribution is -0.277. The molecule has 0 aromatic heterocycles. The van der Waals surface area contributed by atoms with E-state index in [1.54, 1.807) is 0 Å². The Labute approximate surface area is 269 Å². The van der Waals surface area contributed by atoms with Gasteiger partial charge in [-0.05, 0) is 30.0 Å². The number of aliphatic imine (C=N–C) groups is 1. The van der Waals surface area contributed by atoms with Gasteiger partial charge in [0, 0.05) is 41.9 Å². The Morgan fingerprint density at radius 3 is 2.30 bits per heavy atom. The molecule has 14 nitrogen and oxygen atoms in total. The van der Waals surface area contributed by atoms with Crippen molar-refractivity contribution in [3.8, 4) is 17.2 Å². The highest BCUT2D eigenvalue weighted by atomic mass is 16.7. The van der Waals surface area contributed by atoms with Crippen LogP contribution in [0.4, 0.5) is 0 Å². The van der Waals surface area contributed by atoms with Crippen molar-refractivity contribution in [3.05, 3.63) is 87.0 Å². The van der Waals surface area contributed by atoms with Crippen molar-refractivity contribution >= 4 is 17.5 Å². The molecule has 1 aliphatic carbocycles. The fraction of sp³-hybridized carbons (Fsp3) is 0.364. The zero-order valence-corrected chi connectivity index (χ0v) is 25.7. The van der Waals surface area contributed by atoms with Crippen molar-refractivity contribution in [2.24, 2.45) is 10.7 Å². The third-order valence-electron chi connectivity index (χ3n) is 8.46. The highest BCUT2D eigenvalue weighted by Gasteiger charge is 2.46. The van der Waals surface area contributed by atoms with E-state index in [0.29, 0.717) is 24.0 Å². The summed E-state index contributed by atoms with van der Waals surface area (Å²) in [4.78, 5) is 32.5. The molecule has 0 amide bonds. The van der Waals surface area contributed by atoms with Gasteiger partial charge in [-0.1, -0.05) is 30.3 Å². The first-order chi connectivity index (χ1) is 22.6. The Balaban J connectivity index is 1.65. The number of hydrogen-bond acceptors (Lipinski definition) is 12. The molecule has 5 rings (SSSR count). The summed E-state index contributed by atoms with van der Waals surface area (Å²) in [7, 11) is 2.76. The number of phenols is 1. The number of aliphatic hydroxyl groups is 5. The van der Waals surface area contributed by atoms with E-state index in [0.717, 1.165) is 5.56 Å². The highest BCUT2D eigenvalue weighted by Crippen LogP contribution is 2.44. The van der Waals surface area contributed by atoms with E-state index in [1.807, 2.05) is 30.3 Å². The molecule has 0 spiro atoms. The van der Waals surface area contributed by atoms with E-state index in [9.17, 15) is 40.2 Å². The topological polar surface area (TPSA) is 234 Å². The van der Waals surface area contributed by atoms with Crippen molar-refractivity contribution in [3.63, 3.8) is 0 Å². The van der Waals surface area contributed by atoms with Crippen LogP contribution >= 0.6 is 0 Å². The Morgan fingerprint density at radius 2 is 1.66 bits per heavy atom. The molecule has 3 aromatic carbocycles. The number of nitrogens with one attached hydrogen (secondary N) is 1. The minimum absolute atomic E-state index is 0.0179. The van der Waals surface area contributed by atoms with E-state index >= 15 is 0 Å². The number of fused-ring (bicyclic) bond motifs is 2. The van der Waals surface area contributed by atoms with Gasteiger partial charge in [0.1, 0.15) is 41.7 Å². The number of hydrogen-bond donors (Lipinski definition) is 8. The number of aryl methyl sites for hydroxylation is 2. The lowest BCUT2D eigenvalue weighted by atomic mass is 9.78. The van der Waals surface area contributed by atoms with Gasteiger partial charge in [0.15, 0.2) is 11.7 Å². The number of benzene rings is 3. The number of aliphatic hydroxyl groups excluding tert-OH is 5. The maximum atomic E-state index is 14.3. The SMILES string of the molecule is CN=C(N)NCc1c(CCc2ccccc2)cc2c(c1O)C(=O)c1c(O[C@@H]3O[C@H](CO)[C@@H](O)[C@H](O)[C@H]3O)cc(OC)c(CO)c1C2=O. The van der Waals surface area contributed by atoms with E-state index in [-0.39, 0.29) is 51.8 Å². The molecule has 9 N–H and O–H groups in total. The number of guanidine groups is 1. The Bertz CT molecular complexity index is 1690. The molecular weight excluding hydrogens is 614 g/mol. The van der Waals surface area contributed by atoms with Crippen molar-refractivity contribution in [2.75, 3.05) is 20.8 Å². The summed E-state index contributed by atoms with van der Waals surface area (Å²) >= 11 is 0. The van der Waals surface area contributed by atoms with Gasteiger partial charge in [-0.3, -0.25) is 14.6 Å². The van der Waals surface area contributed by atoms with Gasteiger partial charge in [-0.15, -0.1) is 0 Å². The summed E-state index contributed by atoms with van der Waals surface area (Å²) in [6, 6.07) is 12.3. The van der Waals surface area contributed by atoms with Crippen LogP contribution in [0.5, 0.6) is 17.2 Å². The highest BCUT2D eigenvalue weighted by molar-refractivity contribution is 6.31. The molecule has 0 saturated carbocycles. The van der Waals surface area contributed by atoms with Crippen molar-refractivity contribution in [2.45, 2.75) is 56.7 Å². The number of carbonyl (C=O) groups is 2. The van der Waals surface area contributed by atoms with Crippen LogP contribution in [0.1, 0.15) is 54.1 Å². The second-order valence-electron chi connectivity index (χ2n) is 11.2. The van der Waals surface area contributed by atoms with E-state index < -0.39 is 61.2 Å². The molecule has 1 saturated heterocycles. The molecule has 47 heavy (non-hydrogen) atoms. The van der Waals surface area contributed by atoms with Crippen molar-refractivity contribution in [1.82, 2.24) is 5.32 Å². The van der Waals surface area contributed by atoms with Crippen LogP contribution in [0.15, 0.2) is 47.5 Å². The third kappa shape index (κ3) is 6.26. The van der Waals surface area contributed by atoms with E-state index in [1.165, 1.54) is 26.3 Å². The molecule has 5 atom stereocenters. The molecule has 14 heteroatoms. The normalized spacial score (nSPS) is 22.4. The number of methoxy groups -OCH3 is 1. The monoisotopic (exact) mass is 651 g/mol. The molecule has 2 aliphatic rings.